The first-order valence-corrected chi connectivity index (χ1v) is 8.48. The third kappa shape index (κ3) is 4.12. The SMILES string of the molecule is CN=C(NCc1cc2ccccc2o1)NCC1Cc2ccccc2O1.I. The van der Waals surface area contributed by atoms with E-state index in [9.17, 15) is 0 Å². The Morgan fingerprint density at radius 1 is 1.12 bits per heavy atom. The van der Waals surface area contributed by atoms with Gasteiger partial charge in [0.05, 0.1) is 13.1 Å². The number of benzene rings is 2. The Bertz CT molecular complexity index is 849. The number of rotatable bonds is 4. The van der Waals surface area contributed by atoms with Crippen LogP contribution in [0.2, 0.25) is 0 Å². The molecule has 0 spiro atoms. The van der Waals surface area contributed by atoms with Gasteiger partial charge in [-0.05, 0) is 23.8 Å². The number of aliphatic imine (C=N–C) groups is 1. The summed E-state index contributed by atoms with van der Waals surface area (Å²) in [5.74, 6) is 2.60. The number of hydrogen-bond donors (Lipinski definition) is 2. The van der Waals surface area contributed by atoms with Gasteiger partial charge >= 0.3 is 0 Å². The number of halogens is 1. The van der Waals surface area contributed by atoms with Crippen LogP contribution in [0.25, 0.3) is 11.0 Å². The zero-order valence-electron chi connectivity index (χ0n) is 14.6. The topological polar surface area (TPSA) is 58.8 Å². The van der Waals surface area contributed by atoms with Crippen LogP contribution >= 0.6 is 24.0 Å². The average molecular weight is 463 g/mol. The monoisotopic (exact) mass is 463 g/mol. The summed E-state index contributed by atoms with van der Waals surface area (Å²) in [6.45, 7) is 1.29. The number of guanidine groups is 1. The summed E-state index contributed by atoms with van der Waals surface area (Å²) in [6.07, 6.45) is 1.05. The van der Waals surface area contributed by atoms with Crippen LogP contribution in [0.4, 0.5) is 0 Å². The van der Waals surface area contributed by atoms with E-state index in [-0.39, 0.29) is 30.1 Å². The lowest BCUT2D eigenvalue weighted by Gasteiger charge is -2.15. The Kier molecular flexibility index (Phi) is 6.03. The second-order valence-corrected chi connectivity index (χ2v) is 6.11. The third-order valence-corrected chi connectivity index (χ3v) is 4.34. The highest BCUT2D eigenvalue weighted by atomic mass is 127. The van der Waals surface area contributed by atoms with Gasteiger partial charge in [0.2, 0.25) is 0 Å². The molecule has 5 nitrogen and oxygen atoms in total. The lowest BCUT2D eigenvalue weighted by molar-refractivity contribution is 0.235. The Balaban J connectivity index is 0.00000196. The summed E-state index contributed by atoms with van der Waals surface area (Å²) in [6, 6.07) is 18.2. The fourth-order valence-corrected chi connectivity index (χ4v) is 3.09. The molecule has 0 saturated heterocycles. The first-order valence-electron chi connectivity index (χ1n) is 8.48. The molecule has 26 heavy (non-hydrogen) atoms. The van der Waals surface area contributed by atoms with E-state index in [2.05, 4.69) is 21.7 Å². The van der Waals surface area contributed by atoms with Crippen molar-refractivity contribution in [3.8, 4) is 5.75 Å². The number of nitrogens with zero attached hydrogens (tertiary/aromatic N) is 1. The van der Waals surface area contributed by atoms with E-state index in [0.29, 0.717) is 13.1 Å². The van der Waals surface area contributed by atoms with Gasteiger partial charge in [0.25, 0.3) is 0 Å². The van der Waals surface area contributed by atoms with Gasteiger partial charge in [-0.3, -0.25) is 4.99 Å². The predicted molar refractivity (Wildman–Crippen MR) is 114 cm³/mol. The molecule has 6 heteroatoms. The largest absolute Gasteiger partial charge is 0.488 e. The first-order chi connectivity index (χ1) is 12.3. The summed E-state index contributed by atoms with van der Waals surface area (Å²) in [4.78, 5) is 4.26. The molecule has 2 aromatic carbocycles. The van der Waals surface area contributed by atoms with Crippen molar-refractivity contribution in [1.29, 1.82) is 0 Å². The predicted octanol–water partition coefficient (Wildman–Crippen LogP) is 3.72. The molecule has 1 atom stereocenters. The molecular weight excluding hydrogens is 441 g/mol. The lowest BCUT2D eigenvalue weighted by Crippen LogP contribution is -2.41. The maximum Gasteiger partial charge on any atom is 0.191 e. The van der Waals surface area contributed by atoms with Gasteiger partial charge in [0, 0.05) is 18.9 Å². The van der Waals surface area contributed by atoms with Gasteiger partial charge in [-0.2, -0.15) is 0 Å². The molecule has 2 heterocycles. The van der Waals surface area contributed by atoms with Crippen molar-refractivity contribution in [1.82, 2.24) is 10.6 Å². The summed E-state index contributed by atoms with van der Waals surface area (Å²) >= 11 is 0. The van der Waals surface area contributed by atoms with Crippen LogP contribution in [-0.4, -0.2) is 25.7 Å². The number of nitrogens with one attached hydrogen (secondary N) is 2. The molecule has 1 aliphatic heterocycles. The van der Waals surface area contributed by atoms with Gasteiger partial charge in [0.15, 0.2) is 5.96 Å². The molecule has 1 aliphatic rings. The summed E-state index contributed by atoms with van der Waals surface area (Å²) in [5, 5.41) is 7.71. The minimum atomic E-state index is 0. The maximum atomic E-state index is 5.94. The quantitative estimate of drug-likeness (QED) is 0.352. The minimum absolute atomic E-state index is 0. The highest BCUT2D eigenvalue weighted by molar-refractivity contribution is 14.0. The molecule has 0 saturated carbocycles. The molecule has 3 aromatic rings. The number of furan rings is 1. The van der Waals surface area contributed by atoms with Crippen LogP contribution in [-0.2, 0) is 13.0 Å². The highest BCUT2D eigenvalue weighted by Crippen LogP contribution is 2.27. The van der Waals surface area contributed by atoms with Crippen LogP contribution in [0.5, 0.6) is 5.75 Å². The van der Waals surface area contributed by atoms with Crippen molar-refractivity contribution < 1.29 is 9.15 Å². The molecule has 2 N–H and O–H groups in total. The van der Waals surface area contributed by atoms with E-state index in [1.54, 1.807) is 7.05 Å². The summed E-state index contributed by atoms with van der Waals surface area (Å²) < 4.78 is 11.8. The van der Waals surface area contributed by atoms with E-state index in [0.717, 1.165) is 34.9 Å². The molecule has 0 radical (unpaired) electrons. The molecule has 1 aromatic heterocycles. The van der Waals surface area contributed by atoms with Gasteiger partial charge in [-0.15, -0.1) is 24.0 Å². The molecule has 136 valence electrons. The van der Waals surface area contributed by atoms with Crippen LogP contribution in [0.3, 0.4) is 0 Å². The Hall–Kier alpha value is -2.22. The molecular formula is C20H22IN3O2. The van der Waals surface area contributed by atoms with Gasteiger partial charge in [0.1, 0.15) is 23.2 Å². The van der Waals surface area contributed by atoms with E-state index in [4.69, 9.17) is 9.15 Å². The lowest BCUT2D eigenvalue weighted by atomic mass is 10.1. The second-order valence-electron chi connectivity index (χ2n) is 6.11. The Morgan fingerprint density at radius 2 is 1.92 bits per heavy atom. The van der Waals surface area contributed by atoms with Gasteiger partial charge in [-0.25, -0.2) is 0 Å². The van der Waals surface area contributed by atoms with Crippen LogP contribution in [0.15, 0.2) is 64.0 Å². The Labute approximate surface area is 169 Å². The summed E-state index contributed by atoms with van der Waals surface area (Å²) in [7, 11) is 1.76. The zero-order valence-corrected chi connectivity index (χ0v) is 16.9. The van der Waals surface area contributed by atoms with E-state index >= 15 is 0 Å². The number of para-hydroxylation sites is 2. The van der Waals surface area contributed by atoms with E-state index in [1.807, 2.05) is 48.5 Å². The fraction of sp³-hybridized carbons (Fsp3) is 0.250. The van der Waals surface area contributed by atoms with Crippen LogP contribution in [0, 0.1) is 0 Å². The van der Waals surface area contributed by atoms with E-state index in [1.165, 1.54) is 5.56 Å². The molecule has 0 bridgehead atoms. The fourth-order valence-electron chi connectivity index (χ4n) is 3.09. The third-order valence-electron chi connectivity index (χ3n) is 4.34. The number of fused-ring (bicyclic) bond motifs is 2. The average Bonchev–Trinajstić information content (AvgIpc) is 3.24. The number of ether oxygens (including phenoxy) is 1. The van der Waals surface area contributed by atoms with Crippen molar-refractivity contribution in [3.05, 3.63) is 65.9 Å². The Morgan fingerprint density at radius 3 is 2.73 bits per heavy atom. The maximum absolute atomic E-state index is 5.94. The van der Waals surface area contributed by atoms with Gasteiger partial charge < -0.3 is 19.8 Å². The van der Waals surface area contributed by atoms with Crippen molar-refractivity contribution in [2.45, 2.75) is 19.1 Å². The van der Waals surface area contributed by atoms with Crippen molar-refractivity contribution >= 4 is 40.9 Å². The van der Waals surface area contributed by atoms with Crippen LogP contribution < -0.4 is 15.4 Å². The minimum Gasteiger partial charge on any atom is -0.488 e. The normalized spacial score (nSPS) is 15.9. The smallest absolute Gasteiger partial charge is 0.191 e. The summed E-state index contributed by atoms with van der Waals surface area (Å²) in [5.41, 5.74) is 2.17. The number of hydrogen-bond acceptors (Lipinski definition) is 3. The van der Waals surface area contributed by atoms with Gasteiger partial charge in [-0.1, -0.05) is 36.4 Å². The zero-order chi connectivity index (χ0) is 17.1. The van der Waals surface area contributed by atoms with Crippen molar-refractivity contribution in [3.63, 3.8) is 0 Å². The molecule has 4 rings (SSSR count). The molecule has 1 unspecified atom stereocenters. The second kappa shape index (κ2) is 8.44. The molecule has 0 amide bonds. The standard InChI is InChI=1S/C20H21N3O2.HI/c1-21-20(22-12-16-10-14-6-2-4-8-18(14)24-16)23-13-17-11-15-7-3-5-9-19(15)25-17;/h2-10,17H,11-13H2,1H3,(H2,21,22,23);1H. The molecule has 0 fully saturated rings. The first kappa shape index (κ1) is 18.6. The van der Waals surface area contributed by atoms with Crippen molar-refractivity contribution in [2.24, 2.45) is 4.99 Å². The van der Waals surface area contributed by atoms with Crippen molar-refractivity contribution in [2.75, 3.05) is 13.6 Å². The molecule has 0 aliphatic carbocycles. The van der Waals surface area contributed by atoms with E-state index < -0.39 is 0 Å². The highest BCUT2D eigenvalue weighted by Gasteiger charge is 2.22. The van der Waals surface area contributed by atoms with Crippen LogP contribution in [0.1, 0.15) is 11.3 Å².